The molecule has 26 heavy (non-hydrogen) atoms. The highest BCUT2D eigenvalue weighted by Crippen LogP contribution is 2.40. The third-order valence-electron chi connectivity index (χ3n) is 4.90. The number of fused-ring (bicyclic) bond motifs is 1. The molecule has 3 aromatic rings. The summed E-state index contributed by atoms with van der Waals surface area (Å²) in [5, 5.41) is 0. The highest BCUT2D eigenvalue weighted by Gasteiger charge is 2.29. The fourth-order valence-corrected chi connectivity index (χ4v) is 3.50. The number of aromatic nitrogens is 3. The van der Waals surface area contributed by atoms with Crippen LogP contribution in [-0.2, 0) is 0 Å². The van der Waals surface area contributed by atoms with Crippen molar-refractivity contribution in [2.24, 2.45) is 11.3 Å². The predicted octanol–water partition coefficient (Wildman–Crippen LogP) is 5.81. The number of ether oxygens (including phenoxy) is 1. The molecule has 0 saturated carbocycles. The molecule has 1 atom stereocenters. The summed E-state index contributed by atoms with van der Waals surface area (Å²) in [7, 11) is 1.70. The van der Waals surface area contributed by atoms with Gasteiger partial charge in [-0.1, -0.05) is 34.6 Å². The van der Waals surface area contributed by atoms with Gasteiger partial charge in [0, 0.05) is 29.9 Å². The molecule has 0 bridgehead atoms. The van der Waals surface area contributed by atoms with E-state index < -0.39 is 0 Å². The average molecular weight is 351 g/mol. The number of nitrogens with one attached hydrogen (secondary N) is 1. The van der Waals surface area contributed by atoms with Crippen molar-refractivity contribution >= 4 is 11.0 Å². The van der Waals surface area contributed by atoms with Gasteiger partial charge in [-0.2, -0.15) is 0 Å². The number of imidazole rings is 1. The average Bonchev–Trinajstić information content (AvgIpc) is 3.00. The van der Waals surface area contributed by atoms with Crippen molar-refractivity contribution in [1.29, 1.82) is 0 Å². The Balaban J connectivity index is 2.11. The van der Waals surface area contributed by atoms with E-state index in [-0.39, 0.29) is 5.41 Å². The molecule has 2 heterocycles. The van der Waals surface area contributed by atoms with Gasteiger partial charge in [0.15, 0.2) is 0 Å². The fourth-order valence-electron chi connectivity index (χ4n) is 3.50. The fraction of sp³-hybridized carbons (Fsp3) is 0.455. The van der Waals surface area contributed by atoms with Crippen molar-refractivity contribution in [2.45, 2.75) is 47.0 Å². The number of aromatic amines is 1. The number of methoxy groups -OCH3 is 1. The van der Waals surface area contributed by atoms with Crippen LogP contribution in [0.25, 0.3) is 22.2 Å². The number of H-pyrrole nitrogens is 1. The molecule has 0 aliphatic heterocycles. The Bertz CT molecular complexity index is 876. The third-order valence-corrected chi connectivity index (χ3v) is 4.90. The number of benzene rings is 1. The van der Waals surface area contributed by atoms with Gasteiger partial charge in [-0.3, -0.25) is 4.98 Å². The van der Waals surface area contributed by atoms with Crippen molar-refractivity contribution in [2.75, 3.05) is 7.11 Å². The van der Waals surface area contributed by atoms with Gasteiger partial charge in [-0.05, 0) is 41.5 Å². The summed E-state index contributed by atoms with van der Waals surface area (Å²) in [4.78, 5) is 12.6. The van der Waals surface area contributed by atoms with E-state index in [9.17, 15) is 0 Å². The van der Waals surface area contributed by atoms with Crippen LogP contribution in [0.4, 0.5) is 0 Å². The molecule has 0 fully saturated rings. The van der Waals surface area contributed by atoms with Crippen LogP contribution in [0.3, 0.4) is 0 Å². The maximum atomic E-state index is 5.64. The second-order valence-electron chi connectivity index (χ2n) is 8.48. The van der Waals surface area contributed by atoms with Gasteiger partial charge in [0.05, 0.1) is 18.1 Å². The molecule has 0 aliphatic carbocycles. The molecule has 0 amide bonds. The first-order valence-corrected chi connectivity index (χ1v) is 9.27. The van der Waals surface area contributed by atoms with E-state index >= 15 is 0 Å². The summed E-state index contributed by atoms with van der Waals surface area (Å²) in [6, 6.07) is 8.16. The van der Waals surface area contributed by atoms with Crippen molar-refractivity contribution < 1.29 is 4.74 Å². The van der Waals surface area contributed by atoms with Crippen LogP contribution in [0, 0.1) is 11.3 Å². The number of pyridine rings is 1. The van der Waals surface area contributed by atoms with E-state index in [0.29, 0.717) is 11.8 Å². The van der Waals surface area contributed by atoms with Crippen LogP contribution in [-0.4, -0.2) is 22.1 Å². The first-order chi connectivity index (χ1) is 12.3. The Morgan fingerprint density at radius 1 is 1.12 bits per heavy atom. The van der Waals surface area contributed by atoms with Crippen LogP contribution < -0.4 is 4.74 Å². The van der Waals surface area contributed by atoms with Crippen LogP contribution in [0.2, 0.25) is 0 Å². The Morgan fingerprint density at radius 3 is 2.38 bits per heavy atom. The predicted molar refractivity (Wildman–Crippen MR) is 108 cm³/mol. The molecule has 0 radical (unpaired) electrons. The minimum Gasteiger partial charge on any atom is -0.496 e. The van der Waals surface area contributed by atoms with Gasteiger partial charge >= 0.3 is 0 Å². The molecule has 2 aromatic heterocycles. The number of nitrogens with zero attached hydrogens (tertiary/aromatic N) is 2. The standard InChI is InChI=1S/C22H29N3O/c1-14(2)11-17(22(3,4)5)21-24-18-12-16(15-7-9-23-10-8-15)20(26-6)13-19(18)25-21/h7-10,12-14,17H,11H2,1-6H3,(H,24,25). The number of rotatable bonds is 5. The highest BCUT2D eigenvalue weighted by atomic mass is 16.5. The zero-order valence-electron chi connectivity index (χ0n) is 16.6. The molecule has 1 aromatic carbocycles. The first-order valence-electron chi connectivity index (χ1n) is 9.27. The van der Waals surface area contributed by atoms with Gasteiger partial charge in [0.25, 0.3) is 0 Å². The summed E-state index contributed by atoms with van der Waals surface area (Å²) >= 11 is 0. The van der Waals surface area contributed by atoms with E-state index in [1.165, 1.54) is 0 Å². The molecule has 1 N–H and O–H groups in total. The van der Waals surface area contributed by atoms with Gasteiger partial charge < -0.3 is 9.72 Å². The lowest BCUT2D eigenvalue weighted by atomic mass is 9.76. The molecule has 138 valence electrons. The molecular formula is C22H29N3O. The topological polar surface area (TPSA) is 50.8 Å². The maximum absolute atomic E-state index is 5.64. The lowest BCUT2D eigenvalue weighted by Crippen LogP contribution is -2.21. The first kappa shape index (κ1) is 18.4. The number of hydrogen-bond donors (Lipinski definition) is 1. The Morgan fingerprint density at radius 2 is 1.81 bits per heavy atom. The number of hydrogen-bond acceptors (Lipinski definition) is 3. The summed E-state index contributed by atoms with van der Waals surface area (Å²) in [6.45, 7) is 11.4. The van der Waals surface area contributed by atoms with Crippen LogP contribution in [0.5, 0.6) is 5.75 Å². The van der Waals surface area contributed by atoms with E-state index in [0.717, 1.165) is 40.2 Å². The highest BCUT2D eigenvalue weighted by molar-refractivity contribution is 5.86. The molecule has 1 unspecified atom stereocenters. The maximum Gasteiger partial charge on any atom is 0.128 e. The summed E-state index contributed by atoms with van der Waals surface area (Å²) in [5.41, 5.74) is 4.28. The van der Waals surface area contributed by atoms with Gasteiger partial charge in [-0.15, -0.1) is 0 Å². The van der Waals surface area contributed by atoms with Crippen LogP contribution in [0.15, 0.2) is 36.7 Å². The summed E-state index contributed by atoms with van der Waals surface area (Å²) in [6.07, 6.45) is 4.71. The summed E-state index contributed by atoms with van der Waals surface area (Å²) in [5.74, 6) is 2.90. The minimum absolute atomic E-state index is 0.149. The molecule has 0 aliphatic rings. The quantitative estimate of drug-likeness (QED) is 0.631. The lowest BCUT2D eigenvalue weighted by Gasteiger charge is -2.30. The largest absolute Gasteiger partial charge is 0.496 e. The Hall–Kier alpha value is -2.36. The molecular weight excluding hydrogens is 322 g/mol. The molecule has 3 rings (SSSR count). The second-order valence-corrected chi connectivity index (χ2v) is 8.48. The molecule has 0 saturated heterocycles. The SMILES string of the molecule is COc1cc2nc(C(CC(C)C)C(C)(C)C)[nH]c2cc1-c1ccncc1. The van der Waals surface area contributed by atoms with Crippen molar-refractivity contribution in [3.8, 4) is 16.9 Å². The smallest absolute Gasteiger partial charge is 0.128 e. The van der Waals surface area contributed by atoms with Crippen LogP contribution in [0.1, 0.15) is 52.8 Å². The van der Waals surface area contributed by atoms with E-state index in [2.05, 4.69) is 50.7 Å². The zero-order valence-corrected chi connectivity index (χ0v) is 16.6. The zero-order chi connectivity index (χ0) is 18.9. The van der Waals surface area contributed by atoms with Crippen molar-refractivity contribution in [3.63, 3.8) is 0 Å². The van der Waals surface area contributed by atoms with Crippen molar-refractivity contribution in [1.82, 2.24) is 15.0 Å². The molecule has 0 spiro atoms. The normalized spacial score (nSPS) is 13.3. The molecule has 4 heteroatoms. The summed E-state index contributed by atoms with van der Waals surface area (Å²) < 4.78 is 5.64. The second kappa shape index (κ2) is 7.10. The Kier molecular flexibility index (Phi) is 5.03. The minimum atomic E-state index is 0.149. The van der Waals surface area contributed by atoms with E-state index in [1.807, 2.05) is 18.2 Å². The molecule has 4 nitrogen and oxygen atoms in total. The van der Waals surface area contributed by atoms with E-state index in [4.69, 9.17) is 9.72 Å². The van der Waals surface area contributed by atoms with Crippen molar-refractivity contribution in [3.05, 3.63) is 42.5 Å². The lowest BCUT2D eigenvalue weighted by molar-refractivity contribution is 0.271. The monoisotopic (exact) mass is 351 g/mol. The van der Waals surface area contributed by atoms with E-state index in [1.54, 1.807) is 19.5 Å². The van der Waals surface area contributed by atoms with Gasteiger partial charge in [0.2, 0.25) is 0 Å². The third kappa shape index (κ3) is 3.74. The Labute approximate surface area is 156 Å². The van der Waals surface area contributed by atoms with Gasteiger partial charge in [-0.25, -0.2) is 4.98 Å². The van der Waals surface area contributed by atoms with Crippen LogP contribution >= 0.6 is 0 Å². The van der Waals surface area contributed by atoms with Gasteiger partial charge in [0.1, 0.15) is 11.6 Å².